The molecule has 1 fully saturated rings. The summed E-state index contributed by atoms with van der Waals surface area (Å²) < 4.78 is 0. The molecular weight excluding hydrogens is 186 g/mol. The summed E-state index contributed by atoms with van der Waals surface area (Å²) in [7, 11) is 2.04. The lowest BCUT2D eigenvalue weighted by atomic mass is 10.1. The lowest BCUT2D eigenvalue weighted by Crippen LogP contribution is -2.44. The van der Waals surface area contributed by atoms with Crippen molar-refractivity contribution in [3.63, 3.8) is 0 Å². The summed E-state index contributed by atoms with van der Waals surface area (Å²) in [5.74, 6) is 0. The molecule has 1 N–H and O–H groups in total. The van der Waals surface area contributed by atoms with Crippen LogP contribution < -0.4 is 10.2 Å². The van der Waals surface area contributed by atoms with Crippen LogP contribution in [0.3, 0.4) is 0 Å². The van der Waals surface area contributed by atoms with Crippen LogP contribution in [0.25, 0.3) is 0 Å². The number of aromatic nitrogens is 1. The lowest BCUT2D eigenvalue weighted by Gasteiger charge is -2.34. The Labute approximate surface area is 91.5 Å². The zero-order valence-electron chi connectivity index (χ0n) is 9.53. The minimum absolute atomic E-state index is 0.625. The first-order chi connectivity index (χ1) is 7.29. The highest BCUT2D eigenvalue weighted by atomic mass is 15.2. The highest BCUT2D eigenvalue weighted by Gasteiger charge is 2.18. The maximum absolute atomic E-state index is 4.34. The van der Waals surface area contributed by atoms with Crippen LogP contribution in [0.15, 0.2) is 18.3 Å². The third kappa shape index (κ3) is 2.48. The molecule has 1 saturated heterocycles. The molecule has 82 valence electrons. The fourth-order valence-electron chi connectivity index (χ4n) is 2.09. The molecule has 0 spiro atoms. The van der Waals surface area contributed by atoms with E-state index >= 15 is 0 Å². The Hall–Kier alpha value is -1.09. The number of hydrogen-bond donors (Lipinski definition) is 1. The smallest absolute Gasteiger partial charge is 0.0553 e. The third-order valence-electron chi connectivity index (χ3n) is 3.09. The number of hydrogen-bond acceptors (Lipinski definition) is 3. The van der Waals surface area contributed by atoms with Crippen molar-refractivity contribution in [1.82, 2.24) is 10.3 Å². The number of piperidine rings is 1. The minimum Gasteiger partial charge on any atom is -0.369 e. The number of anilines is 1. The van der Waals surface area contributed by atoms with Gasteiger partial charge in [0, 0.05) is 24.8 Å². The summed E-state index contributed by atoms with van der Waals surface area (Å²) in [6, 6.07) is 4.87. The molecule has 1 aromatic rings. The zero-order chi connectivity index (χ0) is 10.7. The standard InChI is InChI=1S/C12H19N3/c1-10-5-6-12(8-14-10)15-7-3-4-11(9-15)13-2/h5-6,8,11,13H,3-4,7,9H2,1-2H3. The van der Waals surface area contributed by atoms with Crippen LogP contribution in [0.4, 0.5) is 5.69 Å². The molecule has 3 nitrogen and oxygen atoms in total. The molecule has 0 bridgehead atoms. The van der Waals surface area contributed by atoms with Gasteiger partial charge in [-0.2, -0.15) is 0 Å². The van der Waals surface area contributed by atoms with Crippen molar-refractivity contribution in [3.05, 3.63) is 24.0 Å². The van der Waals surface area contributed by atoms with E-state index in [1.807, 2.05) is 20.2 Å². The van der Waals surface area contributed by atoms with E-state index in [4.69, 9.17) is 0 Å². The Morgan fingerprint density at radius 1 is 1.47 bits per heavy atom. The summed E-state index contributed by atoms with van der Waals surface area (Å²) in [4.78, 5) is 6.76. The van der Waals surface area contributed by atoms with Crippen molar-refractivity contribution < 1.29 is 0 Å². The highest BCUT2D eigenvalue weighted by molar-refractivity contribution is 5.45. The van der Waals surface area contributed by atoms with Crippen LogP contribution in [0.2, 0.25) is 0 Å². The Bertz CT molecular complexity index is 307. The predicted octanol–water partition coefficient (Wildman–Crippen LogP) is 1.58. The van der Waals surface area contributed by atoms with E-state index in [1.165, 1.54) is 18.5 Å². The van der Waals surface area contributed by atoms with Gasteiger partial charge in [0.25, 0.3) is 0 Å². The molecular formula is C12H19N3. The first-order valence-electron chi connectivity index (χ1n) is 5.64. The molecule has 2 heterocycles. The number of nitrogens with zero attached hydrogens (tertiary/aromatic N) is 2. The average Bonchev–Trinajstić information content (AvgIpc) is 2.30. The predicted molar refractivity (Wildman–Crippen MR) is 63.3 cm³/mol. The number of nitrogens with one attached hydrogen (secondary N) is 1. The largest absolute Gasteiger partial charge is 0.369 e. The van der Waals surface area contributed by atoms with Gasteiger partial charge < -0.3 is 10.2 Å². The van der Waals surface area contributed by atoms with Crippen LogP contribution >= 0.6 is 0 Å². The summed E-state index contributed by atoms with van der Waals surface area (Å²) in [5.41, 5.74) is 2.33. The van der Waals surface area contributed by atoms with Gasteiger partial charge in [0.05, 0.1) is 11.9 Å². The first kappa shape index (κ1) is 10.4. The summed E-state index contributed by atoms with van der Waals surface area (Å²) >= 11 is 0. The minimum atomic E-state index is 0.625. The highest BCUT2D eigenvalue weighted by Crippen LogP contribution is 2.18. The van der Waals surface area contributed by atoms with Gasteiger partial charge in [-0.3, -0.25) is 4.98 Å². The van der Waals surface area contributed by atoms with E-state index in [0.717, 1.165) is 18.8 Å². The van der Waals surface area contributed by atoms with E-state index in [-0.39, 0.29) is 0 Å². The molecule has 1 aromatic heterocycles. The van der Waals surface area contributed by atoms with E-state index in [2.05, 4.69) is 27.3 Å². The normalized spacial score (nSPS) is 21.7. The van der Waals surface area contributed by atoms with Gasteiger partial charge in [-0.1, -0.05) is 0 Å². The topological polar surface area (TPSA) is 28.2 Å². The van der Waals surface area contributed by atoms with E-state index in [9.17, 15) is 0 Å². The Balaban J connectivity index is 2.06. The van der Waals surface area contributed by atoms with Crippen LogP contribution in [-0.2, 0) is 0 Å². The Morgan fingerprint density at radius 2 is 2.33 bits per heavy atom. The number of aryl methyl sites for hydroxylation is 1. The van der Waals surface area contributed by atoms with Gasteiger partial charge in [0.2, 0.25) is 0 Å². The fraction of sp³-hybridized carbons (Fsp3) is 0.583. The summed E-state index contributed by atoms with van der Waals surface area (Å²) in [6.07, 6.45) is 4.53. The zero-order valence-corrected chi connectivity index (χ0v) is 9.53. The Kier molecular flexibility index (Phi) is 3.21. The molecule has 1 aliphatic rings. The van der Waals surface area contributed by atoms with Gasteiger partial charge in [-0.25, -0.2) is 0 Å². The molecule has 15 heavy (non-hydrogen) atoms. The van der Waals surface area contributed by atoms with Crippen molar-refractivity contribution in [1.29, 1.82) is 0 Å². The van der Waals surface area contributed by atoms with Crippen LogP contribution in [-0.4, -0.2) is 31.2 Å². The average molecular weight is 205 g/mol. The maximum atomic E-state index is 4.34. The summed E-state index contributed by atoms with van der Waals surface area (Å²) in [5, 5.41) is 3.35. The van der Waals surface area contributed by atoms with E-state index < -0.39 is 0 Å². The molecule has 1 aliphatic heterocycles. The van der Waals surface area contributed by atoms with Crippen molar-refractivity contribution in [2.45, 2.75) is 25.8 Å². The molecule has 0 radical (unpaired) electrons. The summed E-state index contributed by atoms with van der Waals surface area (Å²) in [6.45, 7) is 4.28. The van der Waals surface area contributed by atoms with Crippen molar-refractivity contribution >= 4 is 5.69 Å². The molecule has 1 unspecified atom stereocenters. The second-order valence-electron chi connectivity index (χ2n) is 4.23. The van der Waals surface area contributed by atoms with Gasteiger partial charge in [-0.15, -0.1) is 0 Å². The molecule has 0 aliphatic carbocycles. The number of pyridine rings is 1. The van der Waals surface area contributed by atoms with Crippen molar-refractivity contribution in [3.8, 4) is 0 Å². The molecule has 0 amide bonds. The van der Waals surface area contributed by atoms with Crippen molar-refractivity contribution in [2.75, 3.05) is 25.0 Å². The van der Waals surface area contributed by atoms with Crippen LogP contribution in [0.5, 0.6) is 0 Å². The van der Waals surface area contributed by atoms with Gasteiger partial charge in [0.1, 0.15) is 0 Å². The quantitative estimate of drug-likeness (QED) is 0.794. The van der Waals surface area contributed by atoms with E-state index in [0.29, 0.717) is 6.04 Å². The van der Waals surface area contributed by atoms with Gasteiger partial charge in [-0.05, 0) is 38.9 Å². The Morgan fingerprint density at radius 3 is 3.00 bits per heavy atom. The van der Waals surface area contributed by atoms with Gasteiger partial charge >= 0.3 is 0 Å². The second-order valence-corrected chi connectivity index (χ2v) is 4.23. The third-order valence-corrected chi connectivity index (χ3v) is 3.09. The van der Waals surface area contributed by atoms with Crippen molar-refractivity contribution in [2.24, 2.45) is 0 Å². The van der Waals surface area contributed by atoms with Crippen LogP contribution in [0, 0.1) is 6.92 Å². The first-order valence-corrected chi connectivity index (χ1v) is 5.64. The van der Waals surface area contributed by atoms with Gasteiger partial charge in [0.15, 0.2) is 0 Å². The number of rotatable bonds is 2. The molecule has 2 rings (SSSR count). The SMILES string of the molecule is CNC1CCCN(c2ccc(C)nc2)C1. The maximum Gasteiger partial charge on any atom is 0.0553 e. The van der Waals surface area contributed by atoms with Crippen LogP contribution in [0.1, 0.15) is 18.5 Å². The lowest BCUT2D eigenvalue weighted by molar-refractivity contribution is 0.449. The van der Waals surface area contributed by atoms with E-state index in [1.54, 1.807) is 0 Å². The molecule has 0 aromatic carbocycles. The molecule has 1 atom stereocenters. The number of likely N-dealkylation sites (N-methyl/N-ethyl adjacent to an activating group) is 1. The monoisotopic (exact) mass is 205 g/mol. The second kappa shape index (κ2) is 4.62. The molecule has 0 saturated carbocycles. The molecule has 3 heteroatoms. The fourth-order valence-corrected chi connectivity index (χ4v) is 2.09.